The van der Waals surface area contributed by atoms with Crippen LogP contribution in [0, 0.1) is 6.92 Å². The molecule has 2 aromatic heterocycles. The van der Waals surface area contributed by atoms with E-state index in [1.54, 1.807) is 6.20 Å². The number of nitrogens with zero attached hydrogens (tertiary/aromatic N) is 4. The molecule has 2 aliphatic heterocycles. The monoisotopic (exact) mass is 344 g/mol. The molecule has 0 radical (unpaired) electrons. The lowest BCUT2D eigenvalue weighted by Crippen LogP contribution is -2.37. The Hall–Kier alpha value is -1.99. The first kappa shape index (κ1) is 16.5. The molecule has 0 N–H and O–H groups in total. The van der Waals surface area contributed by atoms with Crippen molar-refractivity contribution in [2.75, 3.05) is 39.3 Å². The molecule has 2 aromatic rings. The minimum atomic E-state index is 0.0361. The van der Waals surface area contributed by atoms with Crippen molar-refractivity contribution in [3.63, 3.8) is 0 Å². The third-order valence-corrected chi connectivity index (χ3v) is 5.12. The average molecular weight is 344 g/mol. The standard InChI is InChI=1S/C18H24N4O3/c1-13-16-10-14(11-19-17(16)25-20-13)18(23)22-6-3-5-21(7-8-22)12-15-4-2-9-24-15/h10-11,15H,2-9,12H2,1H3/t15-/m0/s1. The van der Waals surface area contributed by atoms with Gasteiger partial charge in [-0.05, 0) is 38.8 Å². The molecule has 0 aliphatic carbocycles. The Bertz CT molecular complexity index is 754. The molecule has 1 atom stereocenters. The van der Waals surface area contributed by atoms with Crippen LogP contribution in [0.15, 0.2) is 16.8 Å². The zero-order chi connectivity index (χ0) is 17.2. The summed E-state index contributed by atoms with van der Waals surface area (Å²) in [6.45, 7) is 7.17. The van der Waals surface area contributed by atoms with Gasteiger partial charge in [-0.2, -0.15) is 0 Å². The lowest BCUT2D eigenvalue weighted by molar-refractivity contribution is 0.0704. The van der Waals surface area contributed by atoms with Crippen molar-refractivity contribution in [1.29, 1.82) is 0 Å². The Labute approximate surface area is 146 Å². The number of hydrogen-bond donors (Lipinski definition) is 0. The molecule has 4 rings (SSSR count). The highest BCUT2D eigenvalue weighted by molar-refractivity contribution is 5.97. The van der Waals surface area contributed by atoms with Crippen LogP contribution in [0.1, 0.15) is 35.3 Å². The largest absolute Gasteiger partial charge is 0.377 e. The van der Waals surface area contributed by atoms with Crippen LogP contribution >= 0.6 is 0 Å². The van der Waals surface area contributed by atoms with Crippen molar-refractivity contribution < 1.29 is 14.1 Å². The number of hydrogen-bond acceptors (Lipinski definition) is 6. The molecule has 4 heterocycles. The summed E-state index contributed by atoms with van der Waals surface area (Å²) in [6.07, 6.45) is 5.26. The molecule has 7 heteroatoms. The summed E-state index contributed by atoms with van der Waals surface area (Å²) >= 11 is 0. The van der Waals surface area contributed by atoms with E-state index in [9.17, 15) is 4.79 Å². The van der Waals surface area contributed by atoms with Gasteiger partial charge in [0.2, 0.25) is 0 Å². The SMILES string of the molecule is Cc1noc2ncc(C(=O)N3CCCN(C[C@@H]4CCCO4)CC3)cc12. The van der Waals surface area contributed by atoms with Crippen molar-refractivity contribution in [2.24, 2.45) is 0 Å². The zero-order valence-electron chi connectivity index (χ0n) is 14.6. The van der Waals surface area contributed by atoms with E-state index in [-0.39, 0.29) is 5.91 Å². The summed E-state index contributed by atoms with van der Waals surface area (Å²) in [5.41, 5.74) is 1.84. The number of amides is 1. The highest BCUT2D eigenvalue weighted by atomic mass is 16.5. The van der Waals surface area contributed by atoms with Crippen LogP contribution < -0.4 is 0 Å². The van der Waals surface area contributed by atoms with Gasteiger partial charge in [0.25, 0.3) is 11.6 Å². The van der Waals surface area contributed by atoms with Gasteiger partial charge >= 0.3 is 0 Å². The topological polar surface area (TPSA) is 71.7 Å². The molecule has 2 fully saturated rings. The summed E-state index contributed by atoms with van der Waals surface area (Å²) in [5, 5.41) is 4.71. The van der Waals surface area contributed by atoms with Crippen LogP contribution in [0.5, 0.6) is 0 Å². The van der Waals surface area contributed by atoms with Crippen LogP contribution in [0.2, 0.25) is 0 Å². The van der Waals surface area contributed by atoms with Gasteiger partial charge in [0.15, 0.2) is 0 Å². The van der Waals surface area contributed by atoms with Gasteiger partial charge in [-0.15, -0.1) is 0 Å². The van der Waals surface area contributed by atoms with Gasteiger partial charge in [0.05, 0.1) is 22.7 Å². The third kappa shape index (κ3) is 3.52. The molecule has 7 nitrogen and oxygen atoms in total. The highest BCUT2D eigenvalue weighted by Gasteiger charge is 2.24. The zero-order valence-corrected chi connectivity index (χ0v) is 14.6. The van der Waals surface area contributed by atoms with E-state index >= 15 is 0 Å². The van der Waals surface area contributed by atoms with E-state index in [1.165, 1.54) is 6.42 Å². The Morgan fingerprint density at radius 3 is 3.04 bits per heavy atom. The van der Waals surface area contributed by atoms with Gasteiger partial charge in [-0.1, -0.05) is 5.16 Å². The molecular weight excluding hydrogens is 320 g/mol. The Kier molecular flexibility index (Phi) is 4.67. The van der Waals surface area contributed by atoms with Crippen molar-refractivity contribution in [1.82, 2.24) is 19.9 Å². The van der Waals surface area contributed by atoms with E-state index < -0.39 is 0 Å². The first-order chi connectivity index (χ1) is 12.2. The fourth-order valence-electron chi connectivity index (χ4n) is 3.68. The first-order valence-electron chi connectivity index (χ1n) is 9.06. The number of fused-ring (bicyclic) bond motifs is 1. The summed E-state index contributed by atoms with van der Waals surface area (Å²) in [7, 11) is 0. The molecule has 0 aromatic carbocycles. The second-order valence-electron chi connectivity index (χ2n) is 6.93. The molecule has 0 saturated carbocycles. The normalized spacial score (nSPS) is 22.4. The molecule has 1 amide bonds. The molecule has 0 spiro atoms. The summed E-state index contributed by atoms with van der Waals surface area (Å²) in [6, 6.07) is 1.84. The maximum atomic E-state index is 12.9. The Balaban J connectivity index is 1.41. The minimum Gasteiger partial charge on any atom is -0.377 e. The van der Waals surface area contributed by atoms with E-state index in [1.807, 2.05) is 17.9 Å². The maximum Gasteiger partial charge on any atom is 0.257 e. The Morgan fingerprint density at radius 1 is 1.28 bits per heavy atom. The minimum absolute atomic E-state index is 0.0361. The molecular formula is C18H24N4O3. The van der Waals surface area contributed by atoms with Gasteiger partial charge < -0.3 is 14.2 Å². The van der Waals surface area contributed by atoms with Crippen LogP contribution in [0.3, 0.4) is 0 Å². The fraction of sp³-hybridized carbons (Fsp3) is 0.611. The van der Waals surface area contributed by atoms with Crippen LogP contribution in [-0.2, 0) is 4.74 Å². The third-order valence-electron chi connectivity index (χ3n) is 5.12. The Morgan fingerprint density at radius 2 is 2.20 bits per heavy atom. The van der Waals surface area contributed by atoms with E-state index in [4.69, 9.17) is 9.26 Å². The van der Waals surface area contributed by atoms with Crippen molar-refractivity contribution in [3.8, 4) is 0 Å². The lowest BCUT2D eigenvalue weighted by Gasteiger charge is -2.24. The van der Waals surface area contributed by atoms with Crippen LogP contribution in [0.25, 0.3) is 11.1 Å². The number of ether oxygens (including phenoxy) is 1. The number of aryl methyl sites for hydroxylation is 1. The van der Waals surface area contributed by atoms with Crippen molar-refractivity contribution in [3.05, 3.63) is 23.5 Å². The lowest BCUT2D eigenvalue weighted by atomic mass is 10.2. The molecule has 2 aliphatic rings. The molecule has 2 saturated heterocycles. The van der Waals surface area contributed by atoms with Crippen molar-refractivity contribution >= 4 is 17.0 Å². The van der Waals surface area contributed by atoms with Gasteiger partial charge in [-0.3, -0.25) is 9.69 Å². The van der Waals surface area contributed by atoms with E-state index in [0.717, 1.165) is 63.3 Å². The number of rotatable bonds is 3. The first-order valence-corrected chi connectivity index (χ1v) is 9.06. The predicted molar refractivity (Wildman–Crippen MR) is 92.5 cm³/mol. The second-order valence-corrected chi connectivity index (χ2v) is 6.93. The molecule has 0 bridgehead atoms. The quantitative estimate of drug-likeness (QED) is 0.846. The summed E-state index contributed by atoms with van der Waals surface area (Å²) in [4.78, 5) is 21.5. The smallest absolute Gasteiger partial charge is 0.257 e. The van der Waals surface area contributed by atoms with Gasteiger partial charge in [0, 0.05) is 39.0 Å². The fourth-order valence-corrected chi connectivity index (χ4v) is 3.68. The maximum absolute atomic E-state index is 12.9. The number of carbonyl (C=O) groups is 1. The van der Waals surface area contributed by atoms with Crippen molar-refractivity contribution in [2.45, 2.75) is 32.3 Å². The molecule has 134 valence electrons. The van der Waals surface area contributed by atoms with E-state index in [2.05, 4.69) is 15.0 Å². The predicted octanol–water partition coefficient (Wildman–Crippen LogP) is 1.86. The number of pyridine rings is 1. The summed E-state index contributed by atoms with van der Waals surface area (Å²) in [5.74, 6) is 0.0361. The summed E-state index contributed by atoms with van der Waals surface area (Å²) < 4.78 is 10.9. The molecule has 0 unspecified atom stereocenters. The average Bonchev–Trinajstić information content (AvgIpc) is 3.20. The number of carbonyl (C=O) groups excluding carboxylic acids is 1. The molecule has 25 heavy (non-hydrogen) atoms. The van der Waals surface area contributed by atoms with Crippen LogP contribution in [-0.4, -0.2) is 71.3 Å². The van der Waals surface area contributed by atoms with Crippen LogP contribution in [0.4, 0.5) is 0 Å². The van der Waals surface area contributed by atoms with E-state index in [0.29, 0.717) is 17.4 Å². The highest BCUT2D eigenvalue weighted by Crippen LogP contribution is 2.19. The van der Waals surface area contributed by atoms with Gasteiger partial charge in [0.1, 0.15) is 0 Å². The second kappa shape index (κ2) is 7.09. The number of aromatic nitrogens is 2. The van der Waals surface area contributed by atoms with Gasteiger partial charge in [-0.25, -0.2) is 4.98 Å².